The quantitative estimate of drug-likeness (QED) is 0.797. The van der Waals surface area contributed by atoms with Crippen LogP contribution >= 0.6 is 0 Å². The van der Waals surface area contributed by atoms with E-state index in [-0.39, 0.29) is 5.56 Å². The van der Waals surface area contributed by atoms with E-state index < -0.39 is 29.9 Å². The van der Waals surface area contributed by atoms with Gasteiger partial charge in [0.25, 0.3) is 0 Å². The van der Waals surface area contributed by atoms with Crippen LogP contribution in [0.15, 0.2) is 36.2 Å². The van der Waals surface area contributed by atoms with Crippen LogP contribution in [0, 0.1) is 0 Å². The zero-order chi connectivity index (χ0) is 13.1. The predicted octanol–water partition coefficient (Wildman–Crippen LogP) is 1.69. The molecule has 0 aliphatic carbocycles. The Kier molecular flexibility index (Phi) is 3.84. The van der Waals surface area contributed by atoms with Gasteiger partial charge in [-0.15, -0.1) is 0 Å². The molecule has 4 nitrogen and oxygen atoms in total. The van der Waals surface area contributed by atoms with Gasteiger partial charge in [-0.05, 0) is 6.07 Å². The second-order valence-electron chi connectivity index (χ2n) is 3.14. The average Bonchev–Trinajstić information content (AvgIpc) is 2.25. The van der Waals surface area contributed by atoms with Gasteiger partial charge in [-0.1, -0.05) is 6.07 Å². The Bertz CT molecular complexity index is 428. The number of aromatic nitrogens is 1. The summed E-state index contributed by atoms with van der Waals surface area (Å²) in [5, 5.41) is 18.1. The van der Waals surface area contributed by atoms with E-state index in [1.807, 2.05) is 0 Å². The molecule has 0 aromatic carbocycles. The number of carboxylic acids is 1. The number of hydrogen-bond donors (Lipinski definition) is 2. The topological polar surface area (TPSA) is 70.4 Å². The highest BCUT2D eigenvalue weighted by Gasteiger charge is 2.30. The van der Waals surface area contributed by atoms with Crippen molar-refractivity contribution in [2.75, 3.05) is 0 Å². The number of alkyl halides is 3. The van der Waals surface area contributed by atoms with Gasteiger partial charge in [0.15, 0.2) is 0 Å². The molecule has 92 valence electrons. The van der Waals surface area contributed by atoms with Crippen LogP contribution < -0.4 is 0 Å². The van der Waals surface area contributed by atoms with E-state index in [0.717, 1.165) is 6.20 Å². The Morgan fingerprint density at radius 2 is 2.12 bits per heavy atom. The van der Waals surface area contributed by atoms with Crippen LogP contribution in [-0.4, -0.2) is 27.3 Å². The molecule has 0 fully saturated rings. The van der Waals surface area contributed by atoms with Crippen molar-refractivity contribution in [3.8, 4) is 0 Å². The number of aliphatic carboxylic acids is 1. The number of carboxylic acid groups (broad SMARTS) is 1. The summed E-state index contributed by atoms with van der Waals surface area (Å²) in [4.78, 5) is 14.2. The molecule has 0 radical (unpaired) electrons. The summed E-state index contributed by atoms with van der Waals surface area (Å²) >= 11 is 0. The molecule has 0 spiro atoms. The van der Waals surface area contributed by atoms with E-state index in [1.54, 1.807) is 0 Å². The van der Waals surface area contributed by atoms with E-state index in [9.17, 15) is 23.1 Å². The second-order valence-corrected chi connectivity index (χ2v) is 3.14. The number of rotatable bonds is 3. The van der Waals surface area contributed by atoms with Crippen molar-refractivity contribution in [1.29, 1.82) is 0 Å². The Morgan fingerprint density at radius 1 is 1.47 bits per heavy atom. The first-order chi connectivity index (χ1) is 7.81. The van der Waals surface area contributed by atoms with Gasteiger partial charge >= 0.3 is 12.1 Å². The maximum atomic E-state index is 12.1. The monoisotopic (exact) mass is 247 g/mol. The molecule has 2 N–H and O–H groups in total. The molecule has 1 aromatic heterocycles. The SMILES string of the molecule is O=C(O)C(=CC(F)(F)F)C(O)c1cccnc1. The van der Waals surface area contributed by atoms with Gasteiger partial charge in [-0.25, -0.2) is 4.79 Å². The smallest absolute Gasteiger partial charge is 0.410 e. The molecule has 0 aliphatic heterocycles. The lowest BCUT2D eigenvalue weighted by Gasteiger charge is -2.12. The number of aliphatic hydroxyl groups excluding tert-OH is 1. The molecule has 0 saturated carbocycles. The molecule has 1 heterocycles. The Balaban J connectivity index is 3.10. The van der Waals surface area contributed by atoms with Crippen molar-refractivity contribution in [1.82, 2.24) is 4.98 Å². The Hall–Kier alpha value is -1.89. The number of halogens is 3. The van der Waals surface area contributed by atoms with E-state index in [1.165, 1.54) is 18.3 Å². The highest BCUT2D eigenvalue weighted by Crippen LogP contribution is 2.26. The number of allylic oxidation sites excluding steroid dienone is 1. The van der Waals surface area contributed by atoms with Crippen molar-refractivity contribution in [3.05, 3.63) is 41.7 Å². The molecular weight excluding hydrogens is 239 g/mol. The van der Waals surface area contributed by atoms with Crippen molar-refractivity contribution in [2.24, 2.45) is 0 Å². The number of aliphatic hydroxyl groups is 1. The standard InChI is InChI=1S/C10H8F3NO3/c11-10(12,13)4-7(9(16)17)8(15)6-2-1-3-14-5-6/h1-5,8,15H,(H,16,17). The fourth-order valence-corrected chi connectivity index (χ4v) is 1.15. The molecule has 0 saturated heterocycles. The fraction of sp³-hybridized carbons (Fsp3) is 0.200. The minimum Gasteiger partial charge on any atom is -0.478 e. The molecule has 7 heteroatoms. The van der Waals surface area contributed by atoms with Crippen LogP contribution in [0.5, 0.6) is 0 Å². The summed E-state index contributed by atoms with van der Waals surface area (Å²) < 4.78 is 36.2. The molecule has 1 rings (SSSR count). The summed E-state index contributed by atoms with van der Waals surface area (Å²) in [5.74, 6) is -1.83. The lowest BCUT2D eigenvalue weighted by molar-refractivity contribution is -0.135. The molecular formula is C10H8F3NO3. The first-order valence-electron chi connectivity index (χ1n) is 4.42. The van der Waals surface area contributed by atoms with Crippen LogP contribution in [0.1, 0.15) is 11.7 Å². The van der Waals surface area contributed by atoms with Gasteiger partial charge in [-0.3, -0.25) is 4.98 Å². The van der Waals surface area contributed by atoms with Gasteiger partial charge < -0.3 is 10.2 Å². The third kappa shape index (κ3) is 3.87. The number of carbonyl (C=O) groups is 1. The zero-order valence-corrected chi connectivity index (χ0v) is 8.35. The number of pyridine rings is 1. The van der Waals surface area contributed by atoms with Gasteiger partial charge in [0.05, 0.1) is 5.57 Å². The van der Waals surface area contributed by atoms with E-state index in [2.05, 4.69) is 4.98 Å². The third-order valence-electron chi connectivity index (χ3n) is 1.86. The second kappa shape index (κ2) is 4.96. The highest BCUT2D eigenvalue weighted by atomic mass is 19.4. The molecule has 0 bridgehead atoms. The molecule has 1 unspecified atom stereocenters. The summed E-state index contributed by atoms with van der Waals surface area (Å²) in [5.41, 5.74) is -1.17. The van der Waals surface area contributed by atoms with Gasteiger partial charge in [0.1, 0.15) is 6.10 Å². The van der Waals surface area contributed by atoms with Gasteiger partial charge in [0, 0.05) is 24.0 Å². The summed E-state index contributed by atoms with van der Waals surface area (Å²) in [6, 6.07) is 2.66. The van der Waals surface area contributed by atoms with E-state index >= 15 is 0 Å². The van der Waals surface area contributed by atoms with Crippen molar-refractivity contribution in [2.45, 2.75) is 12.3 Å². The van der Waals surface area contributed by atoms with Crippen LogP contribution in [-0.2, 0) is 4.79 Å². The summed E-state index contributed by atoms with van der Waals surface area (Å²) in [6.07, 6.45) is -4.67. The Labute approximate surface area is 94.0 Å². The van der Waals surface area contributed by atoms with Gasteiger partial charge in [0.2, 0.25) is 0 Å². The third-order valence-corrected chi connectivity index (χ3v) is 1.86. The van der Waals surface area contributed by atoms with Crippen molar-refractivity contribution in [3.63, 3.8) is 0 Å². The minimum absolute atomic E-state index is 0.0228. The van der Waals surface area contributed by atoms with Crippen LogP contribution in [0.3, 0.4) is 0 Å². The van der Waals surface area contributed by atoms with Crippen LogP contribution in [0.4, 0.5) is 13.2 Å². The lowest BCUT2D eigenvalue weighted by Crippen LogP contribution is -2.15. The predicted molar refractivity (Wildman–Crippen MR) is 51.0 cm³/mol. The maximum Gasteiger partial charge on any atom is 0.410 e. The summed E-state index contributed by atoms with van der Waals surface area (Å²) in [6.45, 7) is 0. The molecule has 1 aromatic rings. The van der Waals surface area contributed by atoms with Crippen LogP contribution in [0.25, 0.3) is 0 Å². The fourth-order valence-electron chi connectivity index (χ4n) is 1.15. The van der Waals surface area contributed by atoms with Gasteiger partial charge in [-0.2, -0.15) is 13.2 Å². The molecule has 0 amide bonds. The zero-order valence-electron chi connectivity index (χ0n) is 8.35. The van der Waals surface area contributed by atoms with Crippen LogP contribution in [0.2, 0.25) is 0 Å². The van der Waals surface area contributed by atoms with E-state index in [4.69, 9.17) is 5.11 Å². The van der Waals surface area contributed by atoms with E-state index in [0.29, 0.717) is 0 Å². The lowest BCUT2D eigenvalue weighted by atomic mass is 10.0. The minimum atomic E-state index is -4.81. The summed E-state index contributed by atoms with van der Waals surface area (Å²) in [7, 11) is 0. The molecule has 17 heavy (non-hydrogen) atoms. The Morgan fingerprint density at radius 3 is 2.53 bits per heavy atom. The first kappa shape index (κ1) is 13.2. The largest absolute Gasteiger partial charge is 0.478 e. The first-order valence-corrected chi connectivity index (χ1v) is 4.42. The number of nitrogens with zero attached hydrogens (tertiary/aromatic N) is 1. The normalized spacial score (nSPS) is 14.5. The maximum absolute atomic E-state index is 12.1. The van der Waals surface area contributed by atoms with Crippen molar-refractivity contribution >= 4 is 5.97 Å². The highest BCUT2D eigenvalue weighted by molar-refractivity contribution is 5.88. The molecule has 0 aliphatic rings. The average molecular weight is 247 g/mol. The van der Waals surface area contributed by atoms with Crippen molar-refractivity contribution < 1.29 is 28.2 Å². The number of hydrogen-bond acceptors (Lipinski definition) is 3. The molecule has 1 atom stereocenters.